The van der Waals surface area contributed by atoms with Crippen LogP contribution in [-0.4, -0.2) is 5.16 Å². The number of nitrogens with zero attached hydrogens (tertiary/aromatic N) is 1. The lowest BCUT2D eigenvalue weighted by Gasteiger charge is -2.09. The highest BCUT2D eigenvalue weighted by Crippen LogP contribution is 2.24. The summed E-state index contributed by atoms with van der Waals surface area (Å²) in [5, 5.41) is 2.18. The molecule has 2 aromatic rings. The van der Waals surface area contributed by atoms with Crippen molar-refractivity contribution in [2.24, 2.45) is 4.99 Å². The smallest absolute Gasteiger partial charge is 0.151 e. The Morgan fingerprint density at radius 1 is 1.07 bits per heavy atom. The second-order valence-electron chi connectivity index (χ2n) is 6.45. The Balaban J connectivity index is 2.36. The van der Waals surface area contributed by atoms with E-state index in [-0.39, 0.29) is 11.5 Å². The molecule has 1 nitrogen and oxygen atoms in total. The van der Waals surface area contributed by atoms with Gasteiger partial charge in [-0.2, -0.15) is 4.99 Å². The van der Waals surface area contributed by atoms with Gasteiger partial charge >= 0.3 is 0 Å². The summed E-state index contributed by atoms with van der Waals surface area (Å²) in [5.41, 5.74) is 3.33. The fraction of sp³-hybridized carbons (Fsp3) is 0.348. The first-order valence-corrected chi connectivity index (χ1v) is 9.62. The lowest BCUT2D eigenvalue weighted by molar-refractivity contribution is 0.585. The first-order chi connectivity index (χ1) is 13.0. The Hall–Kier alpha value is -2.34. The van der Waals surface area contributed by atoms with Crippen LogP contribution in [0.5, 0.6) is 0 Å². The summed E-state index contributed by atoms with van der Waals surface area (Å²) in [5.74, 6) is 5.28. The minimum absolute atomic E-state index is 0.159. The molecular formula is C23H23F2NS. The van der Waals surface area contributed by atoms with Crippen molar-refractivity contribution >= 4 is 23.1 Å². The zero-order valence-electron chi connectivity index (χ0n) is 16.0. The van der Waals surface area contributed by atoms with Gasteiger partial charge in [0.15, 0.2) is 5.82 Å². The van der Waals surface area contributed by atoms with Crippen molar-refractivity contribution in [3.63, 3.8) is 0 Å². The molecule has 0 bridgehead atoms. The molecule has 0 amide bonds. The van der Waals surface area contributed by atoms with Crippen LogP contribution in [0.1, 0.15) is 60.9 Å². The van der Waals surface area contributed by atoms with Crippen LogP contribution in [0.4, 0.5) is 14.5 Å². The van der Waals surface area contributed by atoms with Crippen molar-refractivity contribution in [3.8, 4) is 11.8 Å². The lowest BCUT2D eigenvalue weighted by atomic mass is 9.97. The van der Waals surface area contributed by atoms with Gasteiger partial charge in [0, 0.05) is 16.7 Å². The molecule has 140 valence electrons. The van der Waals surface area contributed by atoms with E-state index in [1.54, 1.807) is 13.0 Å². The number of hydrogen-bond acceptors (Lipinski definition) is 2. The third-order valence-corrected chi connectivity index (χ3v) is 4.57. The molecule has 2 aromatic carbocycles. The molecule has 0 heterocycles. The van der Waals surface area contributed by atoms with Crippen LogP contribution < -0.4 is 0 Å². The van der Waals surface area contributed by atoms with Crippen LogP contribution in [0, 0.1) is 30.4 Å². The molecule has 0 aliphatic rings. The highest BCUT2D eigenvalue weighted by atomic mass is 32.1. The average Bonchev–Trinajstić information content (AvgIpc) is 2.64. The Morgan fingerprint density at radius 2 is 1.85 bits per heavy atom. The molecule has 0 spiro atoms. The number of aliphatic imine (C=N–C) groups is 1. The largest absolute Gasteiger partial charge is 0.206 e. The zero-order valence-corrected chi connectivity index (χ0v) is 16.8. The van der Waals surface area contributed by atoms with Crippen molar-refractivity contribution in [2.75, 3.05) is 0 Å². The molecule has 0 aromatic heterocycles. The third kappa shape index (κ3) is 5.32. The van der Waals surface area contributed by atoms with Gasteiger partial charge in [-0.25, -0.2) is 8.78 Å². The fourth-order valence-corrected chi connectivity index (χ4v) is 3.12. The summed E-state index contributed by atoms with van der Waals surface area (Å²) < 4.78 is 28.9. The number of rotatable bonds is 6. The van der Waals surface area contributed by atoms with E-state index in [0.717, 1.165) is 31.2 Å². The van der Waals surface area contributed by atoms with Gasteiger partial charge in [-0.1, -0.05) is 44.6 Å². The Bertz CT molecular complexity index is 908. The van der Waals surface area contributed by atoms with Gasteiger partial charge in [-0.3, -0.25) is 0 Å². The third-order valence-electron chi connectivity index (χ3n) is 4.48. The normalized spacial score (nSPS) is 10.1. The Labute approximate surface area is 165 Å². The van der Waals surface area contributed by atoms with Gasteiger partial charge in [0.2, 0.25) is 0 Å². The number of halogens is 2. The summed E-state index contributed by atoms with van der Waals surface area (Å²) >= 11 is 4.54. The Kier molecular flexibility index (Phi) is 7.85. The fourth-order valence-electron chi connectivity index (χ4n) is 3.03. The molecule has 0 aliphatic heterocycles. The quantitative estimate of drug-likeness (QED) is 0.234. The summed E-state index contributed by atoms with van der Waals surface area (Å²) in [7, 11) is 0. The number of hydrogen-bond donors (Lipinski definition) is 0. The van der Waals surface area contributed by atoms with E-state index >= 15 is 0 Å². The van der Waals surface area contributed by atoms with Crippen molar-refractivity contribution in [3.05, 3.63) is 63.7 Å². The highest BCUT2D eigenvalue weighted by Gasteiger charge is 2.11. The van der Waals surface area contributed by atoms with Gasteiger partial charge in [-0.05, 0) is 67.7 Å². The van der Waals surface area contributed by atoms with E-state index in [1.165, 1.54) is 6.07 Å². The Morgan fingerprint density at radius 3 is 2.48 bits per heavy atom. The van der Waals surface area contributed by atoms with E-state index < -0.39 is 5.82 Å². The summed E-state index contributed by atoms with van der Waals surface area (Å²) in [6.07, 6.45) is 4.49. The molecule has 4 heteroatoms. The maximum absolute atomic E-state index is 14.8. The predicted octanol–water partition coefficient (Wildman–Crippen LogP) is 6.70. The van der Waals surface area contributed by atoms with Crippen molar-refractivity contribution in [2.45, 2.75) is 52.9 Å². The monoisotopic (exact) mass is 383 g/mol. The van der Waals surface area contributed by atoms with Crippen molar-refractivity contribution in [1.82, 2.24) is 0 Å². The molecule has 2 rings (SSSR count). The number of aryl methyl sites for hydroxylation is 2. The number of isothiocyanates is 1. The molecule has 0 unspecified atom stereocenters. The number of thiocarbonyl (C=S) groups is 1. The summed E-state index contributed by atoms with van der Waals surface area (Å²) in [6.45, 7) is 5.79. The van der Waals surface area contributed by atoms with Gasteiger partial charge in [0.25, 0.3) is 0 Å². The maximum atomic E-state index is 14.8. The van der Waals surface area contributed by atoms with E-state index in [4.69, 9.17) is 0 Å². The SMILES string of the molecule is CCCCCc1ccc(C#Cc2cc(C)c(N=C=S)c(F)c2)c(CC)c1F. The van der Waals surface area contributed by atoms with Gasteiger partial charge in [0.05, 0.1) is 5.16 Å². The first-order valence-electron chi connectivity index (χ1n) is 9.22. The van der Waals surface area contributed by atoms with Gasteiger partial charge < -0.3 is 0 Å². The number of unbranched alkanes of at least 4 members (excludes halogenated alkanes) is 2. The van der Waals surface area contributed by atoms with Crippen LogP contribution in [0.3, 0.4) is 0 Å². The number of benzene rings is 2. The summed E-state index contributed by atoms with van der Waals surface area (Å²) in [6, 6.07) is 6.73. The summed E-state index contributed by atoms with van der Waals surface area (Å²) in [4.78, 5) is 3.74. The van der Waals surface area contributed by atoms with Gasteiger partial charge in [0.1, 0.15) is 11.5 Å². The molecule has 0 aliphatic carbocycles. The van der Waals surface area contributed by atoms with Crippen molar-refractivity contribution in [1.29, 1.82) is 0 Å². The topological polar surface area (TPSA) is 12.4 Å². The molecule has 0 atom stereocenters. The van der Waals surface area contributed by atoms with E-state index in [2.05, 4.69) is 41.1 Å². The van der Waals surface area contributed by atoms with E-state index in [9.17, 15) is 8.78 Å². The second-order valence-corrected chi connectivity index (χ2v) is 6.63. The van der Waals surface area contributed by atoms with Crippen molar-refractivity contribution < 1.29 is 8.78 Å². The average molecular weight is 384 g/mol. The van der Waals surface area contributed by atoms with Crippen LogP contribution in [0.2, 0.25) is 0 Å². The standard InChI is InChI=1S/C23H23F2NS/c1-4-6-7-8-19-12-11-18(20(5-2)22(19)25)10-9-17-13-16(3)23(26-15-27)21(24)14-17/h11-14H,4-8H2,1-3H3. The predicted molar refractivity (Wildman–Crippen MR) is 111 cm³/mol. The molecule has 0 saturated carbocycles. The van der Waals surface area contributed by atoms with Crippen LogP contribution in [-0.2, 0) is 12.8 Å². The maximum Gasteiger partial charge on any atom is 0.151 e. The molecular weight excluding hydrogens is 360 g/mol. The highest BCUT2D eigenvalue weighted by molar-refractivity contribution is 7.78. The van der Waals surface area contributed by atoms with Crippen LogP contribution >= 0.6 is 12.2 Å². The first kappa shape index (κ1) is 21.0. The molecule has 0 fully saturated rings. The molecule has 0 radical (unpaired) electrons. The molecule has 0 N–H and O–H groups in total. The van der Waals surface area contributed by atoms with E-state index in [0.29, 0.717) is 28.7 Å². The molecule has 0 saturated heterocycles. The minimum Gasteiger partial charge on any atom is -0.206 e. The van der Waals surface area contributed by atoms with Gasteiger partial charge in [-0.15, -0.1) is 0 Å². The molecule has 27 heavy (non-hydrogen) atoms. The lowest BCUT2D eigenvalue weighted by Crippen LogP contribution is -2.00. The zero-order chi connectivity index (χ0) is 19.8. The van der Waals surface area contributed by atoms with Crippen LogP contribution in [0.15, 0.2) is 29.3 Å². The van der Waals surface area contributed by atoms with E-state index in [1.807, 2.05) is 19.1 Å². The van der Waals surface area contributed by atoms with Crippen LogP contribution in [0.25, 0.3) is 0 Å². The second kappa shape index (κ2) is 10.1. The minimum atomic E-state index is -0.496.